The first-order valence-corrected chi connectivity index (χ1v) is 6.59. The minimum Gasteiger partial charge on any atom is -0.392 e. The minimum absolute atomic E-state index is 0.0254. The summed E-state index contributed by atoms with van der Waals surface area (Å²) in [5.74, 6) is 0.0500. The first kappa shape index (κ1) is 11.7. The van der Waals surface area contributed by atoms with Crippen molar-refractivity contribution in [3.05, 3.63) is 0 Å². The van der Waals surface area contributed by atoms with Crippen LogP contribution in [0, 0.1) is 5.41 Å². The van der Waals surface area contributed by atoms with Crippen molar-refractivity contribution >= 4 is 29.1 Å². The Bertz CT molecular complexity index is 435. The number of hydrogen-bond donors (Lipinski definition) is 2. The molecule has 18 heavy (non-hydrogen) atoms. The van der Waals surface area contributed by atoms with Crippen LogP contribution < -0.4 is 11.1 Å². The fourth-order valence-electron chi connectivity index (χ4n) is 2.78. The lowest BCUT2D eigenvalue weighted by Gasteiger charge is -2.38. The highest BCUT2D eigenvalue weighted by Crippen LogP contribution is 2.47. The van der Waals surface area contributed by atoms with Crippen LogP contribution in [0.1, 0.15) is 12.8 Å². The number of fused-ring (bicyclic) bond motifs is 1. The molecule has 1 aliphatic carbocycles. The van der Waals surface area contributed by atoms with E-state index in [-0.39, 0.29) is 18.0 Å². The molecule has 0 aromatic carbocycles. The van der Waals surface area contributed by atoms with Gasteiger partial charge in [-0.05, 0) is 12.8 Å². The average molecular weight is 268 g/mol. The summed E-state index contributed by atoms with van der Waals surface area (Å²) in [6, 6.07) is 0.0694. The van der Waals surface area contributed by atoms with E-state index in [1.807, 2.05) is 4.90 Å². The zero-order valence-corrected chi connectivity index (χ0v) is 10.8. The van der Waals surface area contributed by atoms with Gasteiger partial charge in [0.2, 0.25) is 5.91 Å². The Hall–Kier alpha value is -1.37. The molecule has 2 heterocycles. The largest absolute Gasteiger partial charge is 0.392 e. The highest BCUT2D eigenvalue weighted by atomic mass is 32.1. The number of carbonyl (C=O) groups is 2. The van der Waals surface area contributed by atoms with E-state index in [0.29, 0.717) is 31.2 Å². The molecule has 7 heteroatoms. The van der Waals surface area contributed by atoms with Gasteiger partial charge in [-0.2, -0.15) is 0 Å². The molecule has 1 saturated carbocycles. The lowest BCUT2D eigenvalue weighted by Crippen LogP contribution is -2.56. The van der Waals surface area contributed by atoms with Crippen LogP contribution >= 0.6 is 12.2 Å². The lowest BCUT2D eigenvalue weighted by atomic mass is 10.0. The molecule has 0 radical (unpaired) electrons. The predicted molar refractivity (Wildman–Crippen MR) is 68.9 cm³/mol. The van der Waals surface area contributed by atoms with Crippen LogP contribution in [0.3, 0.4) is 0 Å². The van der Waals surface area contributed by atoms with Crippen LogP contribution in [0.5, 0.6) is 0 Å². The average Bonchev–Trinajstić information content (AvgIpc) is 3.09. The van der Waals surface area contributed by atoms with Crippen molar-refractivity contribution in [1.82, 2.24) is 15.1 Å². The van der Waals surface area contributed by atoms with E-state index in [1.165, 1.54) is 0 Å². The summed E-state index contributed by atoms with van der Waals surface area (Å²) >= 11 is 5.01. The minimum atomic E-state index is -0.576. The van der Waals surface area contributed by atoms with Gasteiger partial charge < -0.3 is 20.9 Å². The third-order valence-corrected chi connectivity index (χ3v) is 4.54. The van der Waals surface area contributed by atoms with Gasteiger partial charge in [-0.3, -0.25) is 4.79 Å². The third kappa shape index (κ3) is 1.57. The number of nitrogens with zero attached hydrogens (tertiary/aromatic N) is 2. The molecule has 1 unspecified atom stereocenters. The maximum atomic E-state index is 12.4. The van der Waals surface area contributed by atoms with E-state index >= 15 is 0 Å². The summed E-state index contributed by atoms with van der Waals surface area (Å²) in [6.45, 7) is 2.37. The Kier molecular flexibility index (Phi) is 2.48. The van der Waals surface area contributed by atoms with Gasteiger partial charge in [0.1, 0.15) is 0 Å². The Labute approximate surface area is 110 Å². The monoisotopic (exact) mass is 268 g/mol. The van der Waals surface area contributed by atoms with Gasteiger partial charge >= 0.3 is 6.03 Å². The molecule has 3 N–H and O–H groups in total. The van der Waals surface area contributed by atoms with Crippen LogP contribution in [0.4, 0.5) is 4.79 Å². The fourth-order valence-corrected chi connectivity index (χ4v) is 3.07. The molecule has 3 rings (SSSR count). The van der Waals surface area contributed by atoms with E-state index in [1.54, 1.807) is 4.90 Å². The van der Waals surface area contributed by atoms with Gasteiger partial charge in [0.05, 0.1) is 16.4 Å². The van der Waals surface area contributed by atoms with Crippen molar-refractivity contribution in [2.75, 3.05) is 26.2 Å². The normalized spacial score (nSPS) is 28.7. The Morgan fingerprint density at radius 1 is 1.44 bits per heavy atom. The molecule has 98 valence electrons. The predicted octanol–water partition coefficient (Wildman–Crippen LogP) is -0.711. The van der Waals surface area contributed by atoms with Gasteiger partial charge in [-0.1, -0.05) is 12.2 Å². The van der Waals surface area contributed by atoms with Crippen molar-refractivity contribution in [2.45, 2.75) is 18.9 Å². The number of thiocarbonyl (C=S) groups is 1. The van der Waals surface area contributed by atoms with Crippen LogP contribution in [-0.2, 0) is 4.79 Å². The molecule has 2 aliphatic heterocycles. The standard InChI is InChI=1S/C11H16N4O2S/c12-8(18)11(1-2-11)9(16)14-3-4-15-7(6-14)5-13-10(15)17/h7H,1-6H2,(H2,12,18)(H,13,17). The van der Waals surface area contributed by atoms with Crippen molar-refractivity contribution in [3.8, 4) is 0 Å². The molecule has 0 bridgehead atoms. The molecule has 6 nitrogen and oxygen atoms in total. The van der Waals surface area contributed by atoms with Crippen molar-refractivity contribution in [2.24, 2.45) is 11.1 Å². The summed E-state index contributed by atoms with van der Waals surface area (Å²) in [5, 5.41) is 2.80. The summed E-state index contributed by atoms with van der Waals surface area (Å²) in [6.07, 6.45) is 1.53. The zero-order valence-electron chi connectivity index (χ0n) is 10.0. The molecule has 1 atom stereocenters. The second kappa shape index (κ2) is 3.81. The second-order valence-corrected chi connectivity index (χ2v) is 5.67. The lowest BCUT2D eigenvalue weighted by molar-refractivity contribution is -0.136. The maximum absolute atomic E-state index is 12.4. The zero-order chi connectivity index (χ0) is 12.9. The van der Waals surface area contributed by atoms with Gasteiger partial charge in [-0.15, -0.1) is 0 Å². The molecular formula is C11H16N4O2S. The first-order chi connectivity index (χ1) is 8.54. The maximum Gasteiger partial charge on any atom is 0.317 e. The van der Waals surface area contributed by atoms with E-state index in [4.69, 9.17) is 18.0 Å². The van der Waals surface area contributed by atoms with E-state index in [9.17, 15) is 9.59 Å². The number of carbonyl (C=O) groups excluding carboxylic acids is 2. The summed E-state index contributed by atoms with van der Waals surface area (Å²) in [7, 11) is 0. The summed E-state index contributed by atoms with van der Waals surface area (Å²) in [4.78, 5) is 27.8. The quantitative estimate of drug-likeness (QED) is 0.648. The SMILES string of the molecule is NC(=S)C1(C(=O)N2CCN3C(=O)NCC3C2)CC1. The van der Waals surface area contributed by atoms with Crippen molar-refractivity contribution in [3.63, 3.8) is 0 Å². The van der Waals surface area contributed by atoms with Crippen LogP contribution in [0.25, 0.3) is 0 Å². The van der Waals surface area contributed by atoms with E-state index in [2.05, 4.69) is 5.32 Å². The number of amides is 3. The topological polar surface area (TPSA) is 78.7 Å². The van der Waals surface area contributed by atoms with Crippen LogP contribution in [-0.4, -0.2) is 58.9 Å². The molecule has 2 saturated heterocycles. The molecular weight excluding hydrogens is 252 g/mol. The number of piperazine rings is 1. The number of nitrogens with one attached hydrogen (secondary N) is 1. The van der Waals surface area contributed by atoms with Crippen molar-refractivity contribution in [1.29, 1.82) is 0 Å². The molecule has 0 spiro atoms. The van der Waals surface area contributed by atoms with E-state index in [0.717, 1.165) is 12.8 Å². The second-order valence-electron chi connectivity index (χ2n) is 5.23. The molecule has 0 aromatic rings. The molecule has 3 aliphatic rings. The highest BCUT2D eigenvalue weighted by Gasteiger charge is 2.55. The Balaban J connectivity index is 1.70. The third-order valence-electron chi connectivity index (χ3n) is 4.15. The number of nitrogens with two attached hydrogens (primary N) is 1. The molecule has 0 aromatic heterocycles. The van der Waals surface area contributed by atoms with E-state index < -0.39 is 5.41 Å². The van der Waals surface area contributed by atoms with Crippen LogP contribution in [0.2, 0.25) is 0 Å². The summed E-state index contributed by atoms with van der Waals surface area (Å²) in [5.41, 5.74) is 5.10. The van der Waals surface area contributed by atoms with Crippen molar-refractivity contribution < 1.29 is 9.59 Å². The number of hydrogen-bond acceptors (Lipinski definition) is 3. The first-order valence-electron chi connectivity index (χ1n) is 6.18. The fraction of sp³-hybridized carbons (Fsp3) is 0.727. The number of rotatable bonds is 2. The van der Waals surface area contributed by atoms with Gasteiger partial charge in [0, 0.05) is 26.2 Å². The Morgan fingerprint density at radius 3 is 2.78 bits per heavy atom. The smallest absolute Gasteiger partial charge is 0.317 e. The molecule has 3 amide bonds. The summed E-state index contributed by atoms with van der Waals surface area (Å²) < 4.78 is 0. The molecule has 3 fully saturated rings. The van der Waals surface area contributed by atoms with Gasteiger partial charge in [0.15, 0.2) is 0 Å². The van der Waals surface area contributed by atoms with Crippen LogP contribution in [0.15, 0.2) is 0 Å². The number of urea groups is 1. The highest BCUT2D eigenvalue weighted by molar-refractivity contribution is 7.80. The van der Waals surface area contributed by atoms with Gasteiger partial charge in [-0.25, -0.2) is 4.79 Å². The van der Waals surface area contributed by atoms with Gasteiger partial charge in [0.25, 0.3) is 0 Å². The Morgan fingerprint density at radius 2 is 2.17 bits per heavy atom.